The normalized spacial score (nSPS) is 14.4. The van der Waals surface area contributed by atoms with Gasteiger partial charge in [-0.3, -0.25) is 0 Å². The van der Waals surface area contributed by atoms with Crippen LogP contribution in [0, 0.1) is 0 Å². The van der Waals surface area contributed by atoms with Crippen LogP contribution in [0.25, 0.3) is 16.9 Å². The van der Waals surface area contributed by atoms with Crippen molar-refractivity contribution in [2.45, 2.75) is 6.42 Å². The molecule has 1 aromatic carbocycles. The number of rotatable bonds is 8. The van der Waals surface area contributed by atoms with Gasteiger partial charge in [-0.2, -0.15) is 0 Å². The number of fused-ring (bicyclic) bond motifs is 1. The lowest BCUT2D eigenvalue weighted by atomic mass is 10.1. The van der Waals surface area contributed by atoms with Crippen LogP contribution in [0.4, 0.5) is 5.69 Å². The van der Waals surface area contributed by atoms with Gasteiger partial charge < -0.3 is 28.4 Å². The Bertz CT molecular complexity index is 1030. The van der Waals surface area contributed by atoms with E-state index < -0.39 is 0 Å². The Hall–Kier alpha value is -2.48. The molecule has 4 rings (SSSR count). The average molecular weight is 445 g/mol. The molecule has 0 aliphatic carbocycles. The fourth-order valence-corrected chi connectivity index (χ4v) is 3.93. The second kappa shape index (κ2) is 9.77. The number of benzene rings is 1. The summed E-state index contributed by atoms with van der Waals surface area (Å²) in [6.45, 7) is 4.85. The van der Waals surface area contributed by atoms with Gasteiger partial charge in [0, 0.05) is 55.4 Å². The number of imidazole rings is 1. The molecule has 0 spiro atoms. The number of methoxy groups -OCH3 is 1. The van der Waals surface area contributed by atoms with Crippen LogP contribution in [0.3, 0.4) is 0 Å². The first-order valence-electron chi connectivity index (χ1n) is 10.5. The van der Waals surface area contributed by atoms with Gasteiger partial charge in [0.05, 0.1) is 37.6 Å². The number of pyridine rings is 1. The van der Waals surface area contributed by atoms with E-state index in [1.807, 2.05) is 28.9 Å². The molecule has 7 nitrogen and oxygen atoms in total. The number of aromatic nitrogens is 2. The zero-order chi connectivity index (χ0) is 21.8. The highest BCUT2D eigenvalue weighted by Crippen LogP contribution is 2.38. The number of hydrogen-bond acceptors (Lipinski definition) is 6. The molecule has 8 heteroatoms. The monoisotopic (exact) mass is 444 g/mol. The topological polar surface area (TPSA) is 51.5 Å². The van der Waals surface area contributed by atoms with Gasteiger partial charge >= 0.3 is 0 Å². The maximum atomic E-state index is 6.44. The van der Waals surface area contributed by atoms with Gasteiger partial charge in [-0.25, -0.2) is 4.98 Å². The molecule has 0 atom stereocenters. The number of ether oxygens (including phenoxy) is 3. The molecular formula is C23H29ClN4O3. The van der Waals surface area contributed by atoms with Crippen molar-refractivity contribution in [2.24, 2.45) is 0 Å². The highest BCUT2D eigenvalue weighted by Gasteiger charge is 2.17. The molecule has 1 aliphatic rings. The van der Waals surface area contributed by atoms with Crippen LogP contribution >= 0.6 is 11.6 Å². The first-order chi connectivity index (χ1) is 15.0. The minimum Gasteiger partial charge on any atom is -0.495 e. The molecule has 166 valence electrons. The van der Waals surface area contributed by atoms with E-state index in [1.165, 1.54) is 0 Å². The lowest BCUT2D eigenvalue weighted by Gasteiger charge is -2.28. The molecule has 0 bridgehead atoms. The second-order valence-corrected chi connectivity index (χ2v) is 8.27. The molecule has 1 aliphatic heterocycles. The van der Waals surface area contributed by atoms with Crippen molar-refractivity contribution in [3.05, 3.63) is 41.7 Å². The fraction of sp³-hybridized carbons (Fsp3) is 0.435. The third-order valence-electron chi connectivity index (χ3n) is 5.36. The smallest absolute Gasteiger partial charge is 0.141 e. The van der Waals surface area contributed by atoms with Crippen LogP contribution in [0.1, 0.15) is 6.42 Å². The van der Waals surface area contributed by atoms with Crippen LogP contribution in [-0.4, -0.2) is 74.9 Å². The Balaban J connectivity index is 1.64. The molecule has 3 heterocycles. The van der Waals surface area contributed by atoms with E-state index in [9.17, 15) is 0 Å². The Morgan fingerprint density at radius 1 is 1.16 bits per heavy atom. The molecule has 3 aromatic rings. The number of halogens is 1. The van der Waals surface area contributed by atoms with Gasteiger partial charge in [-0.15, -0.1) is 0 Å². The van der Waals surface area contributed by atoms with Crippen LogP contribution in [0.15, 0.2) is 36.7 Å². The molecule has 0 radical (unpaired) electrons. The third kappa shape index (κ3) is 5.06. The Morgan fingerprint density at radius 3 is 2.71 bits per heavy atom. The number of anilines is 1. The Morgan fingerprint density at radius 2 is 1.97 bits per heavy atom. The van der Waals surface area contributed by atoms with Crippen molar-refractivity contribution >= 4 is 22.9 Å². The van der Waals surface area contributed by atoms with Gasteiger partial charge in [0.25, 0.3) is 0 Å². The van der Waals surface area contributed by atoms with E-state index in [4.69, 9.17) is 30.8 Å². The fourth-order valence-electron chi connectivity index (χ4n) is 3.69. The summed E-state index contributed by atoms with van der Waals surface area (Å²) in [6, 6.07) is 7.93. The Labute approximate surface area is 188 Å². The SMILES string of the molecule is COc1cc(OCCCN(C)C)c(-c2cn3ccc(N4CCOCC4)cc3n2)cc1Cl. The zero-order valence-electron chi connectivity index (χ0n) is 18.3. The van der Waals surface area contributed by atoms with Crippen LogP contribution in [-0.2, 0) is 4.74 Å². The van der Waals surface area contributed by atoms with Gasteiger partial charge in [0.2, 0.25) is 0 Å². The van der Waals surface area contributed by atoms with Crippen molar-refractivity contribution in [1.82, 2.24) is 14.3 Å². The predicted octanol–water partition coefficient (Wildman–Crippen LogP) is 3.83. The largest absolute Gasteiger partial charge is 0.495 e. The summed E-state index contributed by atoms with van der Waals surface area (Å²) in [5, 5.41) is 0.532. The van der Waals surface area contributed by atoms with Crippen LogP contribution in [0.2, 0.25) is 5.02 Å². The van der Waals surface area contributed by atoms with Crippen molar-refractivity contribution in [3.8, 4) is 22.8 Å². The van der Waals surface area contributed by atoms with Crippen molar-refractivity contribution in [3.63, 3.8) is 0 Å². The lowest BCUT2D eigenvalue weighted by Crippen LogP contribution is -2.36. The maximum Gasteiger partial charge on any atom is 0.141 e. The molecular weight excluding hydrogens is 416 g/mol. The number of nitrogens with zero attached hydrogens (tertiary/aromatic N) is 4. The number of morpholine rings is 1. The molecule has 31 heavy (non-hydrogen) atoms. The molecule has 1 saturated heterocycles. The van der Waals surface area contributed by atoms with E-state index in [1.54, 1.807) is 7.11 Å². The predicted molar refractivity (Wildman–Crippen MR) is 124 cm³/mol. The minimum absolute atomic E-state index is 0.532. The first kappa shape index (κ1) is 21.7. The van der Waals surface area contributed by atoms with Crippen LogP contribution < -0.4 is 14.4 Å². The van der Waals surface area contributed by atoms with Gasteiger partial charge in [-0.1, -0.05) is 11.6 Å². The average Bonchev–Trinajstić information content (AvgIpc) is 3.21. The van der Waals surface area contributed by atoms with Crippen molar-refractivity contribution in [1.29, 1.82) is 0 Å². The minimum atomic E-state index is 0.532. The first-order valence-corrected chi connectivity index (χ1v) is 10.9. The molecule has 2 aromatic heterocycles. The summed E-state index contributed by atoms with van der Waals surface area (Å²) >= 11 is 6.44. The highest BCUT2D eigenvalue weighted by molar-refractivity contribution is 6.32. The zero-order valence-corrected chi connectivity index (χ0v) is 19.1. The second-order valence-electron chi connectivity index (χ2n) is 7.86. The van der Waals surface area contributed by atoms with E-state index >= 15 is 0 Å². The molecule has 1 fully saturated rings. The Kier molecular flexibility index (Phi) is 6.85. The summed E-state index contributed by atoms with van der Waals surface area (Å²) in [5.41, 5.74) is 3.70. The summed E-state index contributed by atoms with van der Waals surface area (Å²) in [5.74, 6) is 1.31. The molecule has 0 N–H and O–H groups in total. The lowest BCUT2D eigenvalue weighted by molar-refractivity contribution is 0.122. The maximum absolute atomic E-state index is 6.44. The summed E-state index contributed by atoms with van der Waals surface area (Å²) in [6.07, 6.45) is 4.97. The summed E-state index contributed by atoms with van der Waals surface area (Å²) < 4.78 is 19.0. The molecule has 0 saturated carbocycles. The summed E-state index contributed by atoms with van der Waals surface area (Å²) in [7, 11) is 5.71. The van der Waals surface area contributed by atoms with Gasteiger partial charge in [-0.05, 0) is 32.6 Å². The van der Waals surface area contributed by atoms with E-state index in [0.717, 1.165) is 67.6 Å². The van der Waals surface area contributed by atoms with Crippen molar-refractivity contribution in [2.75, 3.05) is 65.6 Å². The standard InChI is InChI=1S/C23H29ClN4O3/c1-26(2)6-4-10-31-21-15-22(29-3)19(24)14-18(21)20-16-28-7-5-17(13-23(28)25-20)27-8-11-30-12-9-27/h5,7,13-16H,4,6,8-12H2,1-3H3. The summed E-state index contributed by atoms with van der Waals surface area (Å²) in [4.78, 5) is 9.33. The van der Waals surface area contributed by atoms with Crippen molar-refractivity contribution < 1.29 is 14.2 Å². The van der Waals surface area contributed by atoms with Gasteiger partial charge in [0.1, 0.15) is 17.1 Å². The quantitative estimate of drug-likeness (QED) is 0.492. The van der Waals surface area contributed by atoms with E-state index in [2.05, 4.69) is 36.0 Å². The van der Waals surface area contributed by atoms with Gasteiger partial charge in [0.15, 0.2) is 0 Å². The molecule has 0 amide bonds. The van der Waals surface area contributed by atoms with Crippen LogP contribution in [0.5, 0.6) is 11.5 Å². The third-order valence-corrected chi connectivity index (χ3v) is 5.65. The van der Waals surface area contributed by atoms with E-state index in [0.29, 0.717) is 17.4 Å². The van der Waals surface area contributed by atoms with E-state index in [-0.39, 0.29) is 0 Å². The highest BCUT2D eigenvalue weighted by atomic mass is 35.5. The number of hydrogen-bond donors (Lipinski definition) is 0. The molecule has 0 unspecified atom stereocenters.